The van der Waals surface area contributed by atoms with Crippen molar-refractivity contribution in [1.29, 1.82) is 0 Å². The molecule has 1 heterocycles. The number of benzene rings is 1. The number of piperidine rings is 1. The van der Waals surface area contributed by atoms with Crippen LogP contribution in [0.25, 0.3) is 0 Å². The van der Waals surface area contributed by atoms with Gasteiger partial charge in [0, 0.05) is 6.54 Å². The summed E-state index contributed by atoms with van der Waals surface area (Å²) in [7, 11) is 0. The molecule has 1 N–H and O–H groups in total. The Morgan fingerprint density at radius 2 is 1.71 bits per heavy atom. The summed E-state index contributed by atoms with van der Waals surface area (Å²) < 4.78 is 0. The molecule has 1 aromatic rings. The molecule has 21 heavy (non-hydrogen) atoms. The van der Waals surface area contributed by atoms with Gasteiger partial charge in [0.2, 0.25) is 0 Å². The minimum atomic E-state index is 0.882. The molecule has 0 unspecified atom stereocenters. The first-order valence-corrected chi connectivity index (χ1v) is 8.60. The van der Waals surface area contributed by atoms with E-state index >= 15 is 0 Å². The predicted molar refractivity (Wildman–Crippen MR) is 91.8 cm³/mol. The minimum Gasteiger partial charge on any atom is -0.316 e. The Bertz CT molecular complexity index is 422. The van der Waals surface area contributed by atoms with Crippen molar-refractivity contribution >= 4 is 0 Å². The summed E-state index contributed by atoms with van der Waals surface area (Å²) in [5.41, 5.74) is 5.84. The standard InChI is InChI=1S/C19H32N2/c1-5-8-20-13-18-6-9-21(10-7-18)14-19-16(3)11-15(2)12-17(19)4/h11-12,18,20H,5-10,13-14H2,1-4H3. The van der Waals surface area contributed by atoms with E-state index in [0.717, 1.165) is 12.5 Å². The van der Waals surface area contributed by atoms with Gasteiger partial charge in [-0.2, -0.15) is 0 Å². The molecule has 2 rings (SSSR count). The second kappa shape index (κ2) is 7.95. The van der Waals surface area contributed by atoms with Crippen LogP contribution in [0.3, 0.4) is 0 Å². The van der Waals surface area contributed by atoms with Crippen molar-refractivity contribution < 1.29 is 0 Å². The summed E-state index contributed by atoms with van der Waals surface area (Å²) in [5.74, 6) is 0.882. The summed E-state index contributed by atoms with van der Waals surface area (Å²) in [4.78, 5) is 2.64. The third kappa shape index (κ3) is 4.82. The predicted octanol–water partition coefficient (Wildman–Crippen LogP) is 3.82. The number of likely N-dealkylation sites (tertiary alicyclic amines) is 1. The maximum Gasteiger partial charge on any atom is 0.0238 e. The lowest BCUT2D eigenvalue weighted by Gasteiger charge is -2.33. The highest BCUT2D eigenvalue weighted by Gasteiger charge is 2.19. The van der Waals surface area contributed by atoms with E-state index in [2.05, 4.69) is 50.0 Å². The highest BCUT2D eigenvalue weighted by Crippen LogP contribution is 2.22. The van der Waals surface area contributed by atoms with Gasteiger partial charge in [0.25, 0.3) is 0 Å². The topological polar surface area (TPSA) is 15.3 Å². The summed E-state index contributed by atoms with van der Waals surface area (Å²) in [6.07, 6.45) is 3.94. The van der Waals surface area contributed by atoms with Crippen LogP contribution in [0.1, 0.15) is 48.4 Å². The minimum absolute atomic E-state index is 0.882. The lowest BCUT2D eigenvalue weighted by molar-refractivity contribution is 0.175. The largest absolute Gasteiger partial charge is 0.316 e. The smallest absolute Gasteiger partial charge is 0.0238 e. The lowest BCUT2D eigenvalue weighted by Crippen LogP contribution is -2.37. The molecule has 1 aliphatic rings. The summed E-state index contributed by atoms with van der Waals surface area (Å²) in [5, 5.41) is 3.58. The molecule has 1 aliphatic heterocycles. The first-order chi connectivity index (χ1) is 10.1. The fraction of sp³-hybridized carbons (Fsp3) is 0.684. The van der Waals surface area contributed by atoms with Gasteiger partial charge in [-0.3, -0.25) is 4.90 Å². The SMILES string of the molecule is CCCNCC1CCN(Cc2c(C)cc(C)cc2C)CC1. The van der Waals surface area contributed by atoms with Gasteiger partial charge in [-0.1, -0.05) is 24.6 Å². The zero-order valence-electron chi connectivity index (χ0n) is 14.3. The van der Waals surface area contributed by atoms with Crippen molar-refractivity contribution in [1.82, 2.24) is 10.2 Å². The van der Waals surface area contributed by atoms with Crippen LogP contribution in [0.2, 0.25) is 0 Å². The second-order valence-corrected chi connectivity index (χ2v) is 6.80. The van der Waals surface area contributed by atoms with Crippen LogP contribution in [-0.2, 0) is 6.54 Å². The van der Waals surface area contributed by atoms with Gasteiger partial charge in [0.1, 0.15) is 0 Å². The Labute approximate surface area is 130 Å². The Kier molecular flexibility index (Phi) is 6.25. The van der Waals surface area contributed by atoms with Crippen molar-refractivity contribution in [3.8, 4) is 0 Å². The maximum absolute atomic E-state index is 3.58. The monoisotopic (exact) mass is 288 g/mol. The molecule has 0 aromatic heterocycles. The number of nitrogens with zero attached hydrogens (tertiary/aromatic N) is 1. The van der Waals surface area contributed by atoms with Crippen LogP contribution in [0.15, 0.2) is 12.1 Å². The van der Waals surface area contributed by atoms with E-state index in [-0.39, 0.29) is 0 Å². The Morgan fingerprint density at radius 1 is 1.10 bits per heavy atom. The molecule has 0 amide bonds. The number of aryl methyl sites for hydroxylation is 3. The second-order valence-electron chi connectivity index (χ2n) is 6.80. The van der Waals surface area contributed by atoms with Crippen molar-refractivity contribution in [3.63, 3.8) is 0 Å². The third-order valence-electron chi connectivity index (χ3n) is 4.79. The number of rotatable bonds is 6. The fourth-order valence-electron chi connectivity index (χ4n) is 3.51. The van der Waals surface area contributed by atoms with E-state index in [0.29, 0.717) is 0 Å². The van der Waals surface area contributed by atoms with Gasteiger partial charge in [0.15, 0.2) is 0 Å². The summed E-state index contributed by atoms with van der Waals surface area (Å²) in [6.45, 7) is 15.0. The normalized spacial score (nSPS) is 17.3. The molecule has 2 heteroatoms. The molecule has 1 fully saturated rings. The van der Waals surface area contributed by atoms with E-state index < -0.39 is 0 Å². The molecule has 118 valence electrons. The third-order valence-corrected chi connectivity index (χ3v) is 4.79. The molecule has 0 spiro atoms. The molecule has 0 radical (unpaired) electrons. The quantitative estimate of drug-likeness (QED) is 0.801. The van der Waals surface area contributed by atoms with Crippen LogP contribution in [0, 0.1) is 26.7 Å². The van der Waals surface area contributed by atoms with Crippen molar-refractivity contribution in [3.05, 3.63) is 34.4 Å². The van der Waals surface area contributed by atoms with Crippen LogP contribution in [-0.4, -0.2) is 31.1 Å². The van der Waals surface area contributed by atoms with Crippen LogP contribution in [0.5, 0.6) is 0 Å². The van der Waals surface area contributed by atoms with E-state index in [4.69, 9.17) is 0 Å². The van der Waals surface area contributed by atoms with E-state index in [1.165, 1.54) is 62.1 Å². The Morgan fingerprint density at radius 3 is 2.29 bits per heavy atom. The summed E-state index contributed by atoms with van der Waals surface area (Å²) in [6, 6.07) is 4.65. The number of hydrogen-bond donors (Lipinski definition) is 1. The van der Waals surface area contributed by atoms with Gasteiger partial charge in [-0.15, -0.1) is 0 Å². The van der Waals surface area contributed by atoms with Gasteiger partial charge >= 0.3 is 0 Å². The molecule has 1 aromatic carbocycles. The van der Waals surface area contributed by atoms with E-state index in [1.54, 1.807) is 5.56 Å². The zero-order valence-corrected chi connectivity index (χ0v) is 14.3. The number of hydrogen-bond acceptors (Lipinski definition) is 2. The molecule has 0 aliphatic carbocycles. The number of nitrogens with one attached hydrogen (secondary N) is 1. The molecular weight excluding hydrogens is 256 g/mol. The molecule has 1 saturated heterocycles. The van der Waals surface area contributed by atoms with Crippen molar-refractivity contribution in [2.75, 3.05) is 26.2 Å². The van der Waals surface area contributed by atoms with Gasteiger partial charge in [-0.25, -0.2) is 0 Å². The molecular formula is C19H32N2. The first-order valence-electron chi connectivity index (χ1n) is 8.60. The highest BCUT2D eigenvalue weighted by atomic mass is 15.1. The molecule has 0 atom stereocenters. The molecule has 0 bridgehead atoms. The van der Waals surface area contributed by atoms with Crippen LogP contribution in [0.4, 0.5) is 0 Å². The molecule has 0 saturated carbocycles. The zero-order chi connectivity index (χ0) is 15.2. The van der Waals surface area contributed by atoms with Gasteiger partial charge < -0.3 is 5.32 Å². The highest BCUT2D eigenvalue weighted by molar-refractivity contribution is 5.37. The van der Waals surface area contributed by atoms with Gasteiger partial charge in [0.05, 0.1) is 0 Å². The average Bonchev–Trinajstić information content (AvgIpc) is 2.44. The molecule has 2 nitrogen and oxygen atoms in total. The summed E-state index contributed by atoms with van der Waals surface area (Å²) >= 11 is 0. The first kappa shape index (κ1) is 16.5. The Balaban J connectivity index is 1.84. The van der Waals surface area contributed by atoms with E-state index in [1.807, 2.05) is 0 Å². The van der Waals surface area contributed by atoms with Crippen molar-refractivity contribution in [2.45, 2.75) is 53.5 Å². The van der Waals surface area contributed by atoms with Crippen LogP contribution < -0.4 is 5.32 Å². The van der Waals surface area contributed by atoms with Gasteiger partial charge in [-0.05, 0) is 88.8 Å². The maximum atomic E-state index is 3.58. The van der Waals surface area contributed by atoms with Crippen molar-refractivity contribution in [2.24, 2.45) is 5.92 Å². The lowest BCUT2D eigenvalue weighted by atomic mass is 9.94. The Hall–Kier alpha value is -0.860. The van der Waals surface area contributed by atoms with E-state index in [9.17, 15) is 0 Å². The van der Waals surface area contributed by atoms with Crippen LogP contribution >= 0.6 is 0 Å². The average molecular weight is 288 g/mol. The fourth-order valence-corrected chi connectivity index (χ4v) is 3.51.